The minimum absolute atomic E-state index is 0. The summed E-state index contributed by atoms with van der Waals surface area (Å²) in [7, 11) is 0. The van der Waals surface area contributed by atoms with Gasteiger partial charge in [-0.2, -0.15) is 0 Å². The van der Waals surface area contributed by atoms with Crippen LogP contribution in [0.25, 0.3) is 0 Å². The van der Waals surface area contributed by atoms with Gasteiger partial charge in [0.15, 0.2) is 0 Å². The van der Waals surface area contributed by atoms with Gasteiger partial charge in [-0.05, 0) is 47.3 Å². The van der Waals surface area contributed by atoms with Gasteiger partial charge < -0.3 is 14.6 Å². The summed E-state index contributed by atoms with van der Waals surface area (Å²) in [5.74, 6) is -2.94. The van der Waals surface area contributed by atoms with E-state index in [2.05, 4.69) is 0 Å². The molecular formula is C12H19KO5. The van der Waals surface area contributed by atoms with Crippen LogP contribution in [-0.4, -0.2) is 23.1 Å². The number of esters is 2. The smallest absolute Gasteiger partial charge is 0.867 e. The molecule has 0 aliphatic rings. The fourth-order valence-electron chi connectivity index (χ4n) is 0.826. The Bertz CT molecular complexity index is 333. The summed E-state index contributed by atoms with van der Waals surface area (Å²) in [6.07, 6.45) is 0.597. The molecule has 0 aromatic heterocycles. The third-order valence-corrected chi connectivity index (χ3v) is 1.26. The molecule has 0 saturated carbocycles. The normalized spacial score (nSPS) is 12.4. The maximum absolute atomic E-state index is 11.3. The molecule has 0 aromatic rings. The first-order chi connectivity index (χ1) is 7.41. The van der Waals surface area contributed by atoms with Crippen LogP contribution < -0.4 is 56.5 Å². The predicted octanol–water partition coefficient (Wildman–Crippen LogP) is -2.08. The fraction of sp³-hybridized carbons (Fsp3) is 0.667. The molecule has 0 radical (unpaired) electrons. The molecule has 0 N–H and O–H groups in total. The average molecular weight is 282 g/mol. The zero-order chi connectivity index (χ0) is 13.9. The molecule has 0 aromatic carbocycles. The van der Waals surface area contributed by atoms with Gasteiger partial charge >= 0.3 is 63.3 Å². The zero-order valence-corrected chi connectivity index (χ0v) is 15.2. The first-order valence-corrected chi connectivity index (χ1v) is 5.26. The molecule has 0 rings (SSSR count). The second kappa shape index (κ2) is 7.64. The van der Waals surface area contributed by atoms with Gasteiger partial charge in [-0.1, -0.05) is 0 Å². The van der Waals surface area contributed by atoms with Crippen LogP contribution in [0.4, 0.5) is 0 Å². The number of rotatable bonds is 2. The van der Waals surface area contributed by atoms with Crippen LogP contribution in [0.5, 0.6) is 0 Å². The second-order valence-corrected chi connectivity index (χ2v) is 5.54. The van der Waals surface area contributed by atoms with Crippen molar-refractivity contribution < 1.29 is 75.6 Å². The number of hydrogen-bond donors (Lipinski definition) is 0. The van der Waals surface area contributed by atoms with Crippen molar-refractivity contribution in [1.29, 1.82) is 0 Å². The van der Waals surface area contributed by atoms with E-state index >= 15 is 0 Å². The topological polar surface area (TPSA) is 75.7 Å². The van der Waals surface area contributed by atoms with Gasteiger partial charge in [0.1, 0.15) is 11.2 Å². The van der Waals surface area contributed by atoms with Gasteiger partial charge in [0.25, 0.3) is 0 Å². The molecule has 0 atom stereocenters. The summed E-state index contributed by atoms with van der Waals surface area (Å²) in [6, 6.07) is 0. The van der Waals surface area contributed by atoms with Gasteiger partial charge in [0.2, 0.25) is 0 Å². The third kappa shape index (κ3) is 11.2. The van der Waals surface area contributed by atoms with E-state index in [4.69, 9.17) is 9.47 Å². The Labute approximate surface area is 150 Å². The van der Waals surface area contributed by atoms with Crippen molar-refractivity contribution in [2.45, 2.75) is 52.7 Å². The Morgan fingerprint density at radius 1 is 0.944 bits per heavy atom. The van der Waals surface area contributed by atoms with Crippen LogP contribution in [-0.2, 0) is 19.1 Å². The minimum Gasteiger partial charge on any atom is -0.867 e. The quantitative estimate of drug-likeness (QED) is 0.251. The Kier molecular flexibility index (Phi) is 8.68. The van der Waals surface area contributed by atoms with Gasteiger partial charge in [-0.25, -0.2) is 9.59 Å². The summed E-state index contributed by atoms with van der Waals surface area (Å²) in [5, 5.41) is 11.3. The van der Waals surface area contributed by atoms with Gasteiger partial charge in [0.05, 0.1) is 0 Å². The van der Waals surface area contributed by atoms with E-state index in [0.717, 1.165) is 0 Å². The van der Waals surface area contributed by atoms with Crippen molar-refractivity contribution in [2.75, 3.05) is 0 Å². The molecule has 0 saturated heterocycles. The Morgan fingerprint density at radius 3 is 1.67 bits per heavy atom. The molecule has 0 fully saturated rings. The standard InChI is InChI=1S/C12H20O5.K/c1-11(2,3)16-9(14)7-8(13)10(15)17-12(4,5)6;/h7,13H,1-6H3;/q;+1/p-1/b8-7-;. The molecule has 0 unspecified atom stereocenters. The maximum Gasteiger partial charge on any atom is 1.00 e. The zero-order valence-electron chi connectivity index (χ0n) is 12.1. The summed E-state index contributed by atoms with van der Waals surface area (Å²) >= 11 is 0. The van der Waals surface area contributed by atoms with E-state index < -0.39 is 28.9 Å². The molecule has 0 amide bonds. The first-order valence-electron chi connectivity index (χ1n) is 5.26. The van der Waals surface area contributed by atoms with Crippen LogP contribution in [0.2, 0.25) is 0 Å². The molecule has 0 aliphatic heterocycles. The van der Waals surface area contributed by atoms with Crippen molar-refractivity contribution >= 4 is 11.9 Å². The maximum atomic E-state index is 11.3. The Hall–Kier alpha value is 0.116. The molecule has 0 spiro atoms. The Balaban J connectivity index is 0. The summed E-state index contributed by atoms with van der Waals surface area (Å²) < 4.78 is 9.67. The Morgan fingerprint density at radius 2 is 1.33 bits per heavy atom. The summed E-state index contributed by atoms with van der Waals surface area (Å²) in [6.45, 7) is 9.88. The number of carbonyl (C=O) groups excluding carboxylic acids is 2. The van der Waals surface area contributed by atoms with E-state index in [1.807, 2.05) is 0 Å². The third-order valence-electron chi connectivity index (χ3n) is 1.26. The molecule has 5 nitrogen and oxygen atoms in total. The number of hydrogen-bond acceptors (Lipinski definition) is 5. The summed E-state index contributed by atoms with van der Waals surface area (Å²) in [5.41, 5.74) is -1.48. The van der Waals surface area contributed by atoms with E-state index in [1.165, 1.54) is 0 Å². The largest absolute Gasteiger partial charge is 1.00 e. The first kappa shape index (κ1) is 20.4. The second-order valence-electron chi connectivity index (χ2n) is 5.54. The van der Waals surface area contributed by atoms with Crippen molar-refractivity contribution in [3.63, 3.8) is 0 Å². The van der Waals surface area contributed by atoms with Crippen LogP contribution in [0.15, 0.2) is 11.8 Å². The number of carbonyl (C=O) groups is 2. The van der Waals surface area contributed by atoms with E-state index in [1.54, 1.807) is 41.5 Å². The molecule has 0 aliphatic carbocycles. The molecule has 6 heteroatoms. The van der Waals surface area contributed by atoms with Crippen LogP contribution in [0, 0.1) is 0 Å². The van der Waals surface area contributed by atoms with Crippen molar-refractivity contribution in [3.05, 3.63) is 11.8 Å². The van der Waals surface area contributed by atoms with E-state index in [-0.39, 0.29) is 51.4 Å². The fourth-order valence-corrected chi connectivity index (χ4v) is 0.826. The van der Waals surface area contributed by atoms with E-state index in [0.29, 0.717) is 6.08 Å². The molecule has 18 heavy (non-hydrogen) atoms. The molecule has 98 valence electrons. The van der Waals surface area contributed by atoms with E-state index in [9.17, 15) is 14.7 Å². The molecule has 0 heterocycles. The summed E-state index contributed by atoms with van der Waals surface area (Å²) in [4.78, 5) is 22.5. The monoisotopic (exact) mass is 282 g/mol. The average Bonchev–Trinajstić information content (AvgIpc) is 1.95. The predicted molar refractivity (Wildman–Crippen MR) is 59.8 cm³/mol. The van der Waals surface area contributed by atoms with Gasteiger partial charge in [-0.15, -0.1) is 0 Å². The van der Waals surface area contributed by atoms with Gasteiger partial charge in [-0.3, -0.25) is 0 Å². The SMILES string of the molecule is CC(C)(C)OC(=O)/C=C(\[O-])C(=O)OC(C)(C)C.[K+]. The number of ether oxygens (including phenoxy) is 2. The van der Waals surface area contributed by atoms with Crippen LogP contribution in [0.3, 0.4) is 0 Å². The minimum atomic E-state index is -1.07. The molecule has 0 bridgehead atoms. The van der Waals surface area contributed by atoms with Crippen LogP contribution in [0.1, 0.15) is 41.5 Å². The molecular weight excluding hydrogens is 263 g/mol. The van der Waals surface area contributed by atoms with Crippen molar-refractivity contribution in [1.82, 2.24) is 0 Å². The van der Waals surface area contributed by atoms with Crippen LogP contribution >= 0.6 is 0 Å². The van der Waals surface area contributed by atoms with Gasteiger partial charge in [0, 0.05) is 6.08 Å². The van der Waals surface area contributed by atoms with Crippen molar-refractivity contribution in [2.24, 2.45) is 0 Å². The van der Waals surface area contributed by atoms with Crippen molar-refractivity contribution in [3.8, 4) is 0 Å².